The summed E-state index contributed by atoms with van der Waals surface area (Å²) in [5.74, 6) is 0.252. The molecule has 6 heteroatoms. The van der Waals surface area contributed by atoms with Gasteiger partial charge >= 0.3 is 6.09 Å². The fourth-order valence-electron chi connectivity index (χ4n) is 2.37. The van der Waals surface area contributed by atoms with Gasteiger partial charge < -0.3 is 14.6 Å². The van der Waals surface area contributed by atoms with E-state index >= 15 is 0 Å². The van der Waals surface area contributed by atoms with Gasteiger partial charge in [-0.3, -0.25) is 5.43 Å². The molecule has 0 aromatic carbocycles. The Hall–Kier alpha value is -0.850. The Labute approximate surface area is 87.9 Å². The minimum atomic E-state index is -1.06. The first kappa shape index (κ1) is 10.7. The Morgan fingerprint density at radius 1 is 1.60 bits per heavy atom. The topological polar surface area (TPSA) is 79.8 Å². The molecule has 2 bridgehead atoms. The summed E-state index contributed by atoms with van der Waals surface area (Å²) in [4.78, 5) is 10.3. The monoisotopic (exact) mass is 216 g/mol. The highest BCUT2D eigenvalue weighted by atomic mass is 16.7. The molecule has 1 heterocycles. The second-order valence-electron chi connectivity index (χ2n) is 3.90. The summed E-state index contributed by atoms with van der Waals surface area (Å²) in [7, 11) is 0. The summed E-state index contributed by atoms with van der Waals surface area (Å²) in [6.45, 7) is 2.54. The molecule has 15 heavy (non-hydrogen) atoms. The van der Waals surface area contributed by atoms with Gasteiger partial charge in [0.2, 0.25) is 0 Å². The van der Waals surface area contributed by atoms with E-state index < -0.39 is 6.09 Å². The number of hydrogen-bond acceptors (Lipinski definition) is 4. The summed E-state index contributed by atoms with van der Waals surface area (Å²) in [5, 5.41) is 8.48. The van der Waals surface area contributed by atoms with E-state index in [2.05, 4.69) is 10.9 Å². The number of nitrogens with one attached hydrogen (secondary N) is 2. The maximum atomic E-state index is 10.3. The van der Waals surface area contributed by atoms with Crippen LogP contribution in [0.4, 0.5) is 4.79 Å². The van der Waals surface area contributed by atoms with Crippen molar-refractivity contribution >= 4 is 6.09 Å². The van der Waals surface area contributed by atoms with Crippen LogP contribution >= 0.6 is 0 Å². The van der Waals surface area contributed by atoms with E-state index in [9.17, 15) is 4.79 Å². The lowest BCUT2D eigenvalue weighted by Crippen LogP contribution is -2.50. The number of fused-ring (bicyclic) bond motifs is 2. The predicted molar refractivity (Wildman–Crippen MR) is 51.1 cm³/mol. The van der Waals surface area contributed by atoms with Gasteiger partial charge in [0.1, 0.15) is 0 Å². The summed E-state index contributed by atoms with van der Waals surface area (Å²) in [5.41, 5.74) is 4.98. The zero-order chi connectivity index (χ0) is 10.8. The lowest BCUT2D eigenvalue weighted by molar-refractivity contribution is -0.171. The largest absolute Gasteiger partial charge is 0.464 e. The molecular formula is C9H16N2O4. The molecule has 2 rings (SSSR count). The SMILES string of the molecule is CCOC1OC2CC(NNC(=O)O)C1C2. The fraction of sp³-hybridized carbons (Fsp3) is 0.889. The normalized spacial score (nSPS) is 38.2. The van der Waals surface area contributed by atoms with Crippen molar-refractivity contribution in [3.05, 3.63) is 0 Å². The molecule has 1 saturated carbocycles. The summed E-state index contributed by atoms with van der Waals surface area (Å²) < 4.78 is 11.0. The number of carbonyl (C=O) groups is 1. The average molecular weight is 216 g/mol. The Morgan fingerprint density at radius 2 is 2.40 bits per heavy atom. The Morgan fingerprint density at radius 3 is 3.00 bits per heavy atom. The number of amides is 1. The Kier molecular flexibility index (Phi) is 3.08. The summed E-state index contributed by atoms with van der Waals surface area (Å²) >= 11 is 0. The minimum Gasteiger partial charge on any atom is -0.464 e. The lowest BCUT2D eigenvalue weighted by atomic mass is 10.0. The standard InChI is InChI=1S/C9H16N2O4/c1-2-14-8-6-3-5(15-8)4-7(6)10-11-9(12)13/h5-8,10-11H,2-4H2,1H3,(H,12,13). The van der Waals surface area contributed by atoms with Crippen LogP contribution in [0, 0.1) is 5.92 Å². The molecule has 4 atom stereocenters. The molecule has 6 nitrogen and oxygen atoms in total. The van der Waals surface area contributed by atoms with E-state index in [4.69, 9.17) is 14.6 Å². The number of hydrazine groups is 1. The molecule has 1 saturated heterocycles. The highest BCUT2D eigenvalue weighted by Crippen LogP contribution is 2.40. The van der Waals surface area contributed by atoms with E-state index in [1.165, 1.54) is 0 Å². The van der Waals surface area contributed by atoms with Crippen LogP contribution in [0.15, 0.2) is 0 Å². The van der Waals surface area contributed by atoms with Crippen LogP contribution in [0.2, 0.25) is 0 Å². The molecule has 1 aliphatic heterocycles. The van der Waals surface area contributed by atoms with Crippen molar-refractivity contribution < 1.29 is 19.4 Å². The average Bonchev–Trinajstić information content (AvgIpc) is 2.74. The van der Waals surface area contributed by atoms with Crippen molar-refractivity contribution in [3.8, 4) is 0 Å². The molecule has 0 aromatic rings. The second kappa shape index (κ2) is 4.34. The fourth-order valence-corrected chi connectivity index (χ4v) is 2.37. The zero-order valence-corrected chi connectivity index (χ0v) is 8.60. The van der Waals surface area contributed by atoms with Crippen LogP contribution in [0.1, 0.15) is 19.8 Å². The van der Waals surface area contributed by atoms with Crippen LogP contribution in [0.25, 0.3) is 0 Å². The van der Waals surface area contributed by atoms with Crippen molar-refractivity contribution in [1.29, 1.82) is 0 Å². The molecule has 1 aliphatic carbocycles. The predicted octanol–water partition coefficient (Wildman–Crippen LogP) is 0.299. The van der Waals surface area contributed by atoms with Crippen molar-refractivity contribution in [1.82, 2.24) is 10.9 Å². The van der Waals surface area contributed by atoms with E-state index in [0.717, 1.165) is 12.8 Å². The van der Waals surface area contributed by atoms with Crippen LogP contribution in [-0.4, -0.2) is 36.2 Å². The van der Waals surface area contributed by atoms with Crippen LogP contribution < -0.4 is 10.9 Å². The lowest BCUT2D eigenvalue weighted by Gasteiger charge is -2.29. The van der Waals surface area contributed by atoms with Gasteiger partial charge in [-0.25, -0.2) is 10.2 Å². The summed E-state index contributed by atoms with van der Waals surface area (Å²) in [6, 6.07) is 0.122. The highest BCUT2D eigenvalue weighted by Gasteiger charge is 2.48. The van der Waals surface area contributed by atoms with E-state index in [-0.39, 0.29) is 24.4 Å². The molecule has 2 fully saturated rings. The highest BCUT2D eigenvalue weighted by molar-refractivity contribution is 5.63. The first-order valence-corrected chi connectivity index (χ1v) is 5.22. The molecule has 2 aliphatic rings. The van der Waals surface area contributed by atoms with Gasteiger partial charge in [-0.2, -0.15) is 0 Å². The number of hydrogen-bond donors (Lipinski definition) is 3. The van der Waals surface area contributed by atoms with Gasteiger partial charge in [-0.05, 0) is 19.8 Å². The molecule has 0 radical (unpaired) electrons. The third kappa shape index (κ3) is 2.22. The van der Waals surface area contributed by atoms with Crippen molar-refractivity contribution in [2.75, 3.05) is 6.61 Å². The van der Waals surface area contributed by atoms with E-state index in [0.29, 0.717) is 6.61 Å². The molecule has 1 amide bonds. The molecular weight excluding hydrogens is 200 g/mol. The number of rotatable bonds is 4. The van der Waals surface area contributed by atoms with Crippen LogP contribution in [0.5, 0.6) is 0 Å². The van der Waals surface area contributed by atoms with Crippen LogP contribution in [0.3, 0.4) is 0 Å². The zero-order valence-electron chi connectivity index (χ0n) is 8.60. The second-order valence-corrected chi connectivity index (χ2v) is 3.90. The van der Waals surface area contributed by atoms with Gasteiger partial charge in [0, 0.05) is 18.6 Å². The Bertz CT molecular complexity index is 248. The third-order valence-corrected chi connectivity index (χ3v) is 2.94. The van der Waals surface area contributed by atoms with Crippen molar-refractivity contribution in [2.24, 2.45) is 5.92 Å². The van der Waals surface area contributed by atoms with Crippen LogP contribution in [-0.2, 0) is 9.47 Å². The van der Waals surface area contributed by atoms with Crippen molar-refractivity contribution in [3.63, 3.8) is 0 Å². The van der Waals surface area contributed by atoms with E-state index in [1.807, 2.05) is 6.92 Å². The summed E-state index contributed by atoms with van der Waals surface area (Å²) in [6.07, 6.45) is 0.756. The molecule has 0 aromatic heterocycles. The van der Waals surface area contributed by atoms with E-state index in [1.54, 1.807) is 0 Å². The maximum Gasteiger partial charge on any atom is 0.419 e. The quantitative estimate of drug-likeness (QED) is 0.589. The van der Waals surface area contributed by atoms with Gasteiger partial charge in [-0.15, -0.1) is 0 Å². The molecule has 0 spiro atoms. The first-order chi connectivity index (χ1) is 7.20. The van der Waals surface area contributed by atoms with Gasteiger partial charge in [0.15, 0.2) is 6.29 Å². The number of ether oxygens (including phenoxy) is 2. The molecule has 86 valence electrons. The Balaban J connectivity index is 1.85. The van der Waals surface area contributed by atoms with Gasteiger partial charge in [0.25, 0.3) is 0 Å². The third-order valence-electron chi connectivity index (χ3n) is 2.94. The maximum absolute atomic E-state index is 10.3. The van der Waals surface area contributed by atoms with Crippen molar-refractivity contribution in [2.45, 2.75) is 38.2 Å². The first-order valence-electron chi connectivity index (χ1n) is 5.22. The van der Waals surface area contributed by atoms with Gasteiger partial charge in [0.05, 0.1) is 6.10 Å². The molecule has 3 N–H and O–H groups in total. The minimum absolute atomic E-state index is 0.122. The van der Waals surface area contributed by atoms with Gasteiger partial charge in [-0.1, -0.05) is 0 Å². The molecule has 4 unspecified atom stereocenters. The number of carboxylic acid groups (broad SMARTS) is 1. The smallest absolute Gasteiger partial charge is 0.419 e.